The zero-order valence-electron chi connectivity index (χ0n) is 15.2. The molecule has 0 amide bonds. The summed E-state index contributed by atoms with van der Waals surface area (Å²) in [6, 6.07) is 12.8. The highest BCUT2D eigenvalue weighted by molar-refractivity contribution is 7.99. The fourth-order valence-corrected chi connectivity index (χ4v) is 4.24. The van der Waals surface area contributed by atoms with Crippen molar-refractivity contribution in [1.82, 2.24) is 9.97 Å². The molecule has 9 heteroatoms. The summed E-state index contributed by atoms with van der Waals surface area (Å²) in [6.45, 7) is 0. The van der Waals surface area contributed by atoms with E-state index in [1.165, 1.54) is 29.6 Å². The van der Waals surface area contributed by atoms with Crippen molar-refractivity contribution in [2.24, 2.45) is 0 Å². The minimum Gasteiger partial charge on any atom is -0.492 e. The summed E-state index contributed by atoms with van der Waals surface area (Å²) >= 11 is 8.67. The number of aromatic nitrogens is 2. The van der Waals surface area contributed by atoms with E-state index in [-0.39, 0.29) is 0 Å². The molecule has 0 saturated heterocycles. The molecule has 0 N–H and O–H groups in total. The van der Waals surface area contributed by atoms with Crippen LogP contribution in [0.2, 0.25) is 5.02 Å². The Morgan fingerprint density at radius 2 is 1.72 bits per heavy atom. The first-order valence-electron chi connectivity index (χ1n) is 8.42. The maximum atomic E-state index is 12.9. The predicted molar refractivity (Wildman–Crippen MR) is 111 cm³/mol. The number of ether oxygens (including phenoxy) is 1. The highest BCUT2D eigenvalue weighted by Gasteiger charge is 2.30. The second-order valence-electron chi connectivity index (χ2n) is 5.93. The predicted octanol–water partition coefficient (Wildman–Crippen LogP) is 6.74. The monoisotopic (exact) mass is 456 g/mol. The minimum atomic E-state index is -4.36. The highest BCUT2D eigenvalue weighted by Crippen LogP contribution is 2.33. The molecule has 0 saturated carbocycles. The Bertz CT molecular complexity index is 969. The fraction of sp³-hybridized carbons (Fsp3) is 0.200. The standard InChI is InChI=1S/C20H16ClF3N2OS2/c1-27-17-10-25-19(26-18(17)28-11-13-5-7-16(21)8-6-13)29-12-14-3-2-4-15(9-14)20(22,23)24/h2-10H,11-12H2,1H3. The summed E-state index contributed by atoms with van der Waals surface area (Å²) in [4.78, 5) is 8.74. The Hall–Kier alpha value is -1.90. The van der Waals surface area contributed by atoms with Crippen LogP contribution in [-0.4, -0.2) is 17.1 Å². The summed E-state index contributed by atoms with van der Waals surface area (Å²) < 4.78 is 43.9. The molecule has 1 aromatic heterocycles. The maximum absolute atomic E-state index is 12.9. The lowest BCUT2D eigenvalue weighted by atomic mass is 10.1. The summed E-state index contributed by atoms with van der Waals surface area (Å²) in [5, 5.41) is 1.82. The van der Waals surface area contributed by atoms with Crippen LogP contribution in [0.3, 0.4) is 0 Å². The second kappa shape index (κ2) is 9.73. The number of rotatable bonds is 7. The number of benzene rings is 2. The van der Waals surface area contributed by atoms with Crippen molar-refractivity contribution in [3.8, 4) is 5.75 Å². The van der Waals surface area contributed by atoms with Crippen molar-refractivity contribution >= 4 is 35.1 Å². The molecule has 0 spiro atoms. The van der Waals surface area contributed by atoms with E-state index in [0.717, 1.165) is 17.7 Å². The second-order valence-corrected chi connectivity index (χ2v) is 8.27. The highest BCUT2D eigenvalue weighted by atomic mass is 35.5. The molecule has 0 radical (unpaired) electrons. The lowest BCUT2D eigenvalue weighted by molar-refractivity contribution is -0.137. The molecular formula is C20H16ClF3N2OS2. The van der Waals surface area contributed by atoms with Crippen LogP contribution in [0, 0.1) is 0 Å². The van der Waals surface area contributed by atoms with Crippen LogP contribution in [0.15, 0.2) is 64.9 Å². The average molecular weight is 457 g/mol. The van der Waals surface area contributed by atoms with Crippen LogP contribution < -0.4 is 4.74 Å². The summed E-state index contributed by atoms with van der Waals surface area (Å²) in [7, 11) is 1.54. The molecule has 0 unspecified atom stereocenters. The van der Waals surface area contributed by atoms with Crippen LogP contribution >= 0.6 is 35.1 Å². The summed E-state index contributed by atoms with van der Waals surface area (Å²) in [6.07, 6.45) is -2.78. The van der Waals surface area contributed by atoms with Gasteiger partial charge < -0.3 is 4.74 Å². The van der Waals surface area contributed by atoms with Gasteiger partial charge in [-0.3, -0.25) is 0 Å². The van der Waals surface area contributed by atoms with Gasteiger partial charge in [-0.15, -0.1) is 0 Å². The molecule has 3 aromatic rings. The number of halogens is 4. The molecule has 0 aliphatic heterocycles. The van der Waals surface area contributed by atoms with Gasteiger partial charge >= 0.3 is 6.18 Å². The first-order chi connectivity index (χ1) is 13.8. The molecule has 0 aliphatic rings. The van der Waals surface area contributed by atoms with Gasteiger partial charge in [0.2, 0.25) is 0 Å². The number of hydrogen-bond acceptors (Lipinski definition) is 5. The van der Waals surface area contributed by atoms with Gasteiger partial charge in [-0.2, -0.15) is 13.2 Å². The van der Waals surface area contributed by atoms with E-state index < -0.39 is 11.7 Å². The number of thioether (sulfide) groups is 2. The third-order valence-electron chi connectivity index (χ3n) is 3.83. The third kappa shape index (κ3) is 6.29. The Morgan fingerprint density at radius 1 is 1.00 bits per heavy atom. The molecule has 3 rings (SSSR count). The van der Waals surface area contributed by atoms with E-state index >= 15 is 0 Å². The van der Waals surface area contributed by atoms with E-state index in [4.69, 9.17) is 16.3 Å². The first kappa shape index (κ1) is 21.8. The largest absolute Gasteiger partial charge is 0.492 e. The molecule has 0 bridgehead atoms. The van der Waals surface area contributed by atoms with Gasteiger partial charge in [0.05, 0.1) is 18.9 Å². The fourth-order valence-electron chi connectivity index (χ4n) is 2.37. The van der Waals surface area contributed by atoms with Crippen molar-refractivity contribution < 1.29 is 17.9 Å². The zero-order valence-corrected chi connectivity index (χ0v) is 17.6. The summed E-state index contributed by atoms with van der Waals surface area (Å²) in [5.74, 6) is 1.55. The number of hydrogen-bond donors (Lipinski definition) is 0. The van der Waals surface area contributed by atoms with Crippen molar-refractivity contribution in [2.75, 3.05) is 7.11 Å². The van der Waals surface area contributed by atoms with E-state index in [0.29, 0.717) is 38.0 Å². The molecule has 152 valence electrons. The average Bonchev–Trinajstić information content (AvgIpc) is 2.71. The zero-order chi connectivity index (χ0) is 20.9. The molecule has 0 atom stereocenters. The lowest BCUT2D eigenvalue weighted by Gasteiger charge is -2.10. The Balaban J connectivity index is 1.69. The smallest absolute Gasteiger partial charge is 0.416 e. The van der Waals surface area contributed by atoms with Crippen molar-refractivity contribution in [2.45, 2.75) is 27.9 Å². The van der Waals surface area contributed by atoms with Gasteiger partial charge in [-0.25, -0.2) is 9.97 Å². The topological polar surface area (TPSA) is 35.0 Å². The van der Waals surface area contributed by atoms with E-state index in [9.17, 15) is 13.2 Å². The number of nitrogens with zero attached hydrogens (tertiary/aromatic N) is 2. The lowest BCUT2D eigenvalue weighted by Crippen LogP contribution is -2.05. The van der Waals surface area contributed by atoms with E-state index in [2.05, 4.69) is 9.97 Å². The van der Waals surface area contributed by atoms with Crippen LogP contribution in [0.1, 0.15) is 16.7 Å². The van der Waals surface area contributed by atoms with Crippen LogP contribution in [0.5, 0.6) is 5.75 Å². The first-order valence-corrected chi connectivity index (χ1v) is 10.8. The van der Waals surface area contributed by atoms with Crippen LogP contribution in [0.4, 0.5) is 13.2 Å². The maximum Gasteiger partial charge on any atom is 0.416 e. The molecular weight excluding hydrogens is 441 g/mol. The molecule has 0 aliphatic carbocycles. The summed E-state index contributed by atoms with van der Waals surface area (Å²) in [5.41, 5.74) is 0.975. The van der Waals surface area contributed by atoms with Gasteiger partial charge in [-0.05, 0) is 29.3 Å². The van der Waals surface area contributed by atoms with Gasteiger partial charge in [0.1, 0.15) is 5.03 Å². The Kier molecular flexibility index (Phi) is 7.32. The normalized spacial score (nSPS) is 11.5. The van der Waals surface area contributed by atoms with E-state index in [1.807, 2.05) is 24.3 Å². The van der Waals surface area contributed by atoms with E-state index in [1.54, 1.807) is 19.4 Å². The molecule has 0 fully saturated rings. The van der Waals surface area contributed by atoms with Gasteiger partial charge in [0, 0.05) is 16.5 Å². The number of methoxy groups -OCH3 is 1. The van der Waals surface area contributed by atoms with Crippen LogP contribution in [-0.2, 0) is 17.7 Å². The SMILES string of the molecule is COc1cnc(SCc2cccc(C(F)(F)F)c2)nc1SCc1ccc(Cl)cc1. The van der Waals surface area contributed by atoms with Gasteiger partial charge in [0.25, 0.3) is 0 Å². The van der Waals surface area contributed by atoms with Crippen molar-refractivity contribution in [3.05, 3.63) is 76.4 Å². The van der Waals surface area contributed by atoms with Gasteiger partial charge in [0.15, 0.2) is 10.9 Å². The Morgan fingerprint density at radius 3 is 2.41 bits per heavy atom. The van der Waals surface area contributed by atoms with Crippen molar-refractivity contribution in [3.63, 3.8) is 0 Å². The molecule has 3 nitrogen and oxygen atoms in total. The quantitative estimate of drug-likeness (QED) is 0.223. The number of alkyl halides is 3. The minimum absolute atomic E-state index is 0.331. The third-order valence-corrected chi connectivity index (χ3v) is 6.06. The molecule has 1 heterocycles. The van der Waals surface area contributed by atoms with Crippen molar-refractivity contribution in [1.29, 1.82) is 0 Å². The Labute approximate surface area is 180 Å². The molecule has 2 aromatic carbocycles. The van der Waals surface area contributed by atoms with Gasteiger partial charge in [-0.1, -0.05) is 65.5 Å². The van der Waals surface area contributed by atoms with Crippen LogP contribution in [0.25, 0.3) is 0 Å². The molecule has 29 heavy (non-hydrogen) atoms.